The van der Waals surface area contributed by atoms with Crippen LogP contribution in [0.25, 0.3) is 0 Å². The molecule has 0 aliphatic carbocycles. The van der Waals surface area contributed by atoms with E-state index in [0.29, 0.717) is 0 Å². The third kappa shape index (κ3) is 6.35. The Labute approximate surface area is 90.2 Å². The number of nitrogens with zero attached hydrogens (tertiary/aromatic N) is 1. The van der Waals surface area contributed by atoms with Crippen LogP contribution in [0, 0.1) is 0 Å². The molecule has 0 heterocycles. The van der Waals surface area contributed by atoms with E-state index in [1.807, 2.05) is 50.6 Å². The van der Waals surface area contributed by atoms with Crippen LogP contribution in [0.15, 0.2) is 0 Å². The standard InChI is InChI=1S/C6H18As3N/c7-1-4-10(5-2-8)6-3-9/h1-9H2. The fraction of sp³-hybridized carbons (Fsp3) is 1.00. The van der Waals surface area contributed by atoms with Crippen LogP contribution >= 0.6 is 0 Å². The predicted molar refractivity (Wildman–Crippen MR) is 56.5 cm³/mol. The second kappa shape index (κ2) is 8.73. The van der Waals surface area contributed by atoms with Crippen molar-refractivity contribution >= 4 is 50.6 Å². The summed E-state index contributed by atoms with van der Waals surface area (Å²) in [6.07, 6.45) is 0. The number of hydrogen-bond acceptors (Lipinski definition) is 1. The van der Waals surface area contributed by atoms with Gasteiger partial charge in [0.25, 0.3) is 0 Å². The van der Waals surface area contributed by atoms with E-state index in [-0.39, 0.29) is 0 Å². The van der Waals surface area contributed by atoms with Crippen LogP contribution < -0.4 is 0 Å². The van der Waals surface area contributed by atoms with Crippen molar-refractivity contribution in [2.24, 2.45) is 0 Å². The maximum atomic E-state index is 2.59. The molecule has 0 spiro atoms. The molecule has 1 nitrogen and oxygen atoms in total. The second-order valence-electron chi connectivity index (χ2n) is 2.21. The molecule has 0 aromatic heterocycles. The van der Waals surface area contributed by atoms with Gasteiger partial charge in [-0.1, -0.05) is 0 Å². The van der Waals surface area contributed by atoms with E-state index in [4.69, 9.17) is 0 Å². The van der Waals surface area contributed by atoms with Gasteiger partial charge in [-0.3, -0.25) is 0 Å². The third-order valence-corrected chi connectivity index (χ3v) is 2.96. The van der Waals surface area contributed by atoms with Gasteiger partial charge in [-0.15, -0.1) is 0 Å². The zero-order chi connectivity index (χ0) is 7.82. The van der Waals surface area contributed by atoms with Crippen molar-refractivity contribution in [3.63, 3.8) is 0 Å². The summed E-state index contributed by atoms with van der Waals surface area (Å²) in [6.45, 7) is 3.98. The summed E-state index contributed by atoms with van der Waals surface area (Å²) < 4.78 is 0. The molecule has 3 atom stereocenters. The van der Waals surface area contributed by atoms with Gasteiger partial charge in [-0.05, 0) is 0 Å². The molecule has 0 aliphatic rings. The molecular weight excluding hydrogens is 311 g/mol. The topological polar surface area (TPSA) is 3.24 Å². The van der Waals surface area contributed by atoms with Crippen LogP contribution in [0.2, 0.25) is 15.6 Å². The zero-order valence-corrected chi connectivity index (χ0v) is 13.7. The molecule has 0 radical (unpaired) electrons. The molecule has 0 bridgehead atoms. The van der Waals surface area contributed by atoms with Crippen LogP contribution in [0.1, 0.15) is 0 Å². The summed E-state index contributed by atoms with van der Waals surface area (Å²) in [6, 6.07) is 0. The van der Waals surface area contributed by atoms with Gasteiger partial charge in [-0.2, -0.15) is 0 Å². The summed E-state index contributed by atoms with van der Waals surface area (Å²) in [5.41, 5.74) is 0. The van der Waals surface area contributed by atoms with E-state index in [1.165, 1.54) is 35.3 Å². The van der Waals surface area contributed by atoms with E-state index in [0.717, 1.165) is 0 Å². The Balaban J connectivity index is 3.30. The van der Waals surface area contributed by atoms with Gasteiger partial charge in [0.1, 0.15) is 0 Å². The van der Waals surface area contributed by atoms with Crippen molar-refractivity contribution in [3.8, 4) is 0 Å². The fourth-order valence-electron chi connectivity index (χ4n) is 0.883. The first-order valence-corrected chi connectivity index (χ1v) is 8.81. The first-order valence-electron chi connectivity index (χ1n) is 3.67. The minimum absolute atomic E-state index is 1.33. The summed E-state index contributed by atoms with van der Waals surface area (Å²) in [5, 5.41) is 4.10. The van der Waals surface area contributed by atoms with Crippen LogP contribution in [0.4, 0.5) is 0 Å². The van der Waals surface area contributed by atoms with Crippen molar-refractivity contribution in [1.82, 2.24) is 4.90 Å². The molecule has 62 valence electrons. The summed E-state index contributed by atoms with van der Waals surface area (Å²) >= 11 is 5.58. The second-order valence-corrected chi connectivity index (χ2v) is 5.84. The Morgan fingerprint density at radius 3 is 1.20 bits per heavy atom. The number of hydrogen-bond donors (Lipinski definition) is 0. The van der Waals surface area contributed by atoms with Crippen LogP contribution in [-0.2, 0) is 0 Å². The monoisotopic (exact) mass is 329 g/mol. The summed E-state index contributed by atoms with van der Waals surface area (Å²) in [7, 11) is 0. The molecule has 0 fully saturated rings. The van der Waals surface area contributed by atoms with Gasteiger partial charge < -0.3 is 0 Å². The number of rotatable bonds is 6. The van der Waals surface area contributed by atoms with Gasteiger partial charge in [-0.25, -0.2) is 0 Å². The predicted octanol–water partition coefficient (Wildman–Crippen LogP) is -1.56. The minimum atomic E-state index is 1.33. The molecule has 0 saturated heterocycles. The Kier molecular flexibility index (Phi) is 10.2. The summed E-state index contributed by atoms with van der Waals surface area (Å²) in [4.78, 5) is 2.59. The molecule has 0 aromatic carbocycles. The molecule has 0 amide bonds. The Morgan fingerprint density at radius 2 is 1.00 bits per heavy atom. The molecule has 0 N–H and O–H groups in total. The van der Waals surface area contributed by atoms with Crippen molar-refractivity contribution in [2.75, 3.05) is 19.6 Å². The van der Waals surface area contributed by atoms with Crippen molar-refractivity contribution in [3.05, 3.63) is 0 Å². The van der Waals surface area contributed by atoms with Gasteiger partial charge in [0.2, 0.25) is 0 Å². The molecule has 3 unspecified atom stereocenters. The Morgan fingerprint density at radius 1 is 0.700 bits per heavy atom. The third-order valence-electron chi connectivity index (χ3n) is 1.34. The molecule has 10 heavy (non-hydrogen) atoms. The van der Waals surface area contributed by atoms with E-state index in [2.05, 4.69) is 4.90 Å². The van der Waals surface area contributed by atoms with Crippen molar-refractivity contribution < 1.29 is 0 Å². The Bertz CT molecular complexity index is 55.7. The average molecular weight is 329 g/mol. The molecule has 4 heteroatoms. The van der Waals surface area contributed by atoms with Crippen LogP contribution in [0.3, 0.4) is 0 Å². The average Bonchev–Trinajstić information content (AvgIpc) is 1.90. The molecule has 0 saturated carbocycles. The van der Waals surface area contributed by atoms with E-state index >= 15 is 0 Å². The van der Waals surface area contributed by atoms with Crippen molar-refractivity contribution in [2.45, 2.75) is 15.6 Å². The molecular formula is C6H18As3N. The quantitative estimate of drug-likeness (QED) is 0.533. The first-order chi connectivity index (χ1) is 4.85. The van der Waals surface area contributed by atoms with Gasteiger partial charge in [0, 0.05) is 0 Å². The fourth-order valence-corrected chi connectivity index (χ4v) is 3.18. The van der Waals surface area contributed by atoms with Crippen LogP contribution in [-0.4, -0.2) is 75.1 Å². The molecule has 0 rings (SSSR count). The van der Waals surface area contributed by atoms with E-state index < -0.39 is 0 Å². The first kappa shape index (κ1) is 11.6. The van der Waals surface area contributed by atoms with Gasteiger partial charge in [0.15, 0.2) is 0 Å². The van der Waals surface area contributed by atoms with Gasteiger partial charge in [0.05, 0.1) is 0 Å². The van der Waals surface area contributed by atoms with E-state index in [1.54, 1.807) is 0 Å². The van der Waals surface area contributed by atoms with Crippen molar-refractivity contribution in [1.29, 1.82) is 0 Å². The molecule has 0 aliphatic heterocycles. The van der Waals surface area contributed by atoms with Gasteiger partial charge >= 0.3 is 90.7 Å². The summed E-state index contributed by atoms with van der Waals surface area (Å²) in [5.74, 6) is 0. The maximum absolute atomic E-state index is 2.59. The SMILES string of the molecule is [AsH2]CCN(CC[AsH2])CC[AsH2]. The zero-order valence-electron chi connectivity index (χ0n) is 6.42. The normalized spacial score (nSPS) is 10.8. The Hall–Kier alpha value is 1.64. The van der Waals surface area contributed by atoms with Crippen LogP contribution in [0.5, 0.6) is 0 Å². The molecule has 0 aromatic rings. The van der Waals surface area contributed by atoms with E-state index in [9.17, 15) is 0 Å².